The molecule has 3 rings (SSSR count). The zero-order valence-corrected chi connectivity index (χ0v) is 17.7. The van der Waals surface area contributed by atoms with Gasteiger partial charge in [0, 0.05) is 6.04 Å². The zero-order valence-electron chi connectivity index (χ0n) is 16.9. The number of nitrogens with one attached hydrogen (secondary N) is 1. The van der Waals surface area contributed by atoms with Crippen molar-refractivity contribution in [2.45, 2.75) is 88.0 Å². The number of hydrogen-bond acceptors (Lipinski definition) is 4. The van der Waals surface area contributed by atoms with Crippen molar-refractivity contribution in [2.75, 3.05) is 6.61 Å². The van der Waals surface area contributed by atoms with Crippen molar-refractivity contribution in [1.82, 2.24) is 4.72 Å². The molecular weight excluding hydrogens is 374 g/mol. The van der Waals surface area contributed by atoms with Crippen molar-refractivity contribution in [3.05, 3.63) is 29.8 Å². The maximum Gasteiger partial charge on any atom is 0.313 e. The van der Waals surface area contributed by atoms with E-state index < -0.39 is 10.0 Å². The van der Waals surface area contributed by atoms with Gasteiger partial charge in [0.25, 0.3) is 0 Å². The van der Waals surface area contributed by atoms with Crippen LogP contribution in [-0.4, -0.2) is 27.0 Å². The van der Waals surface area contributed by atoms with Crippen molar-refractivity contribution in [2.24, 2.45) is 5.92 Å². The van der Waals surface area contributed by atoms with Crippen LogP contribution in [0.1, 0.15) is 82.6 Å². The lowest BCUT2D eigenvalue weighted by molar-refractivity contribution is -0.145. The normalized spacial score (nSPS) is 20.2. The minimum atomic E-state index is -3.52. The van der Waals surface area contributed by atoms with Crippen LogP contribution in [0.25, 0.3) is 0 Å². The Balaban J connectivity index is 1.72. The quantitative estimate of drug-likeness (QED) is 0.643. The van der Waals surface area contributed by atoms with Gasteiger partial charge < -0.3 is 4.74 Å². The molecule has 0 amide bonds. The molecule has 2 aliphatic carbocycles. The summed E-state index contributed by atoms with van der Waals surface area (Å²) in [5.41, 5.74) is 0.849. The Bertz CT molecular complexity index is 732. The number of esters is 1. The largest absolute Gasteiger partial charge is 0.466 e. The molecule has 6 heteroatoms. The Morgan fingerprint density at radius 1 is 1.04 bits per heavy atom. The SMILES string of the molecule is CCOC(=O)C(CC1CCCC1)c1ccc(S(=O)(=O)NC2CCCCC2)cc1. The highest BCUT2D eigenvalue weighted by molar-refractivity contribution is 7.89. The Morgan fingerprint density at radius 2 is 1.64 bits per heavy atom. The van der Waals surface area contributed by atoms with Crippen molar-refractivity contribution in [3.8, 4) is 0 Å². The number of ether oxygens (including phenoxy) is 1. The van der Waals surface area contributed by atoms with Crippen LogP contribution in [0, 0.1) is 5.92 Å². The van der Waals surface area contributed by atoms with E-state index in [1.807, 2.05) is 6.92 Å². The molecule has 0 aromatic heterocycles. The summed E-state index contributed by atoms with van der Waals surface area (Å²) in [6.45, 7) is 2.18. The van der Waals surface area contributed by atoms with Gasteiger partial charge in [-0.25, -0.2) is 13.1 Å². The van der Waals surface area contributed by atoms with Crippen LogP contribution in [-0.2, 0) is 19.6 Å². The monoisotopic (exact) mass is 407 g/mol. The molecule has 1 unspecified atom stereocenters. The molecule has 0 saturated heterocycles. The first kappa shape index (κ1) is 21.3. The first-order chi connectivity index (χ1) is 13.5. The summed E-state index contributed by atoms with van der Waals surface area (Å²) in [6, 6.07) is 6.86. The molecular formula is C22H33NO4S. The fraction of sp³-hybridized carbons (Fsp3) is 0.682. The summed E-state index contributed by atoms with van der Waals surface area (Å²) < 4.78 is 33.5. The van der Waals surface area contributed by atoms with Crippen molar-refractivity contribution >= 4 is 16.0 Å². The smallest absolute Gasteiger partial charge is 0.313 e. The summed E-state index contributed by atoms with van der Waals surface area (Å²) in [5.74, 6) is 0.0298. The molecule has 1 atom stereocenters. The fourth-order valence-corrected chi connectivity index (χ4v) is 5.88. The third kappa shape index (κ3) is 5.57. The van der Waals surface area contributed by atoms with Gasteiger partial charge in [-0.2, -0.15) is 0 Å². The summed E-state index contributed by atoms with van der Waals surface area (Å²) in [7, 11) is -3.52. The van der Waals surface area contributed by atoms with E-state index in [9.17, 15) is 13.2 Å². The first-order valence-electron chi connectivity index (χ1n) is 10.8. The van der Waals surface area contributed by atoms with E-state index in [-0.39, 0.29) is 22.8 Å². The molecule has 28 heavy (non-hydrogen) atoms. The van der Waals surface area contributed by atoms with Crippen molar-refractivity contribution in [1.29, 1.82) is 0 Å². The average molecular weight is 408 g/mol. The summed E-state index contributed by atoms with van der Waals surface area (Å²) in [4.78, 5) is 12.8. The standard InChI is InChI=1S/C22H33NO4S/c1-2-27-22(24)21(16-17-8-6-7-9-17)18-12-14-20(15-13-18)28(25,26)23-19-10-4-3-5-11-19/h12-15,17,19,21,23H,2-11,16H2,1H3. The van der Waals surface area contributed by atoms with Crippen LogP contribution in [0.15, 0.2) is 29.2 Å². The molecule has 2 saturated carbocycles. The Kier molecular flexibility index (Phi) is 7.52. The highest BCUT2D eigenvalue weighted by atomic mass is 32.2. The van der Waals surface area contributed by atoms with E-state index in [0.717, 1.165) is 50.5 Å². The number of carbonyl (C=O) groups excluding carboxylic acids is 1. The van der Waals surface area contributed by atoms with Gasteiger partial charge in [-0.05, 0) is 49.8 Å². The highest BCUT2D eigenvalue weighted by Gasteiger charge is 2.28. The van der Waals surface area contributed by atoms with E-state index in [0.29, 0.717) is 12.5 Å². The van der Waals surface area contributed by atoms with E-state index in [2.05, 4.69) is 4.72 Å². The molecule has 156 valence electrons. The topological polar surface area (TPSA) is 72.5 Å². The minimum absolute atomic E-state index is 0.0353. The highest BCUT2D eigenvalue weighted by Crippen LogP contribution is 2.35. The van der Waals surface area contributed by atoms with Crippen LogP contribution < -0.4 is 4.72 Å². The third-order valence-corrected chi connectivity index (χ3v) is 7.67. The molecule has 1 N–H and O–H groups in total. The molecule has 1 aromatic carbocycles. The molecule has 1 aromatic rings. The molecule has 0 heterocycles. The van der Waals surface area contributed by atoms with E-state index in [1.54, 1.807) is 24.3 Å². The molecule has 5 nitrogen and oxygen atoms in total. The van der Waals surface area contributed by atoms with Crippen LogP contribution in [0.2, 0.25) is 0 Å². The molecule has 2 aliphatic rings. The molecule has 2 fully saturated rings. The lowest BCUT2D eigenvalue weighted by Gasteiger charge is -2.23. The number of carbonyl (C=O) groups is 1. The van der Waals surface area contributed by atoms with Crippen LogP contribution in [0.3, 0.4) is 0 Å². The van der Waals surface area contributed by atoms with Crippen molar-refractivity contribution in [3.63, 3.8) is 0 Å². The maximum atomic E-state index is 12.7. The Hall–Kier alpha value is -1.40. The van der Waals surface area contributed by atoms with E-state index in [1.165, 1.54) is 19.3 Å². The van der Waals surface area contributed by atoms with Crippen molar-refractivity contribution < 1.29 is 17.9 Å². The van der Waals surface area contributed by atoms with Gasteiger partial charge in [-0.3, -0.25) is 4.79 Å². The second-order valence-electron chi connectivity index (χ2n) is 8.22. The van der Waals surface area contributed by atoms with Gasteiger partial charge in [0.05, 0.1) is 17.4 Å². The number of hydrogen-bond donors (Lipinski definition) is 1. The second-order valence-corrected chi connectivity index (χ2v) is 9.93. The third-order valence-electron chi connectivity index (χ3n) is 6.13. The average Bonchev–Trinajstić information content (AvgIpc) is 3.20. The number of benzene rings is 1. The number of sulfonamides is 1. The predicted octanol–water partition coefficient (Wildman–Crippen LogP) is 4.52. The number of rotatable bonds is 8. The van der Waals surface area contributed by atoms with Gasteiger partial charge in [0.1, 0.15) is 0 Å². The molecule has 0 spiro atoms. The van der Waals surface area contributed by atoms with Crippen LogP contribution in [0.4, 0.5) is 0 Å². The van der Waals surface area contributed by atoms with Gasteiger partial charge in [-0.1, -0.05) is 57.1 Å². The summed E-state index contributed by atoms with van der Waals surface area (Å²) in [6.07, 6.45) is 10.7. The predicted molar refractivity (Wildman–Crippen MR) is 110 cm³/mol. The summed E-state index contributed by atoms with van der Waals surface area (Å²) in [5, 5.41) is 0. The van der Waals surface area contributed by atoms with Gasteiger partial charge in [0.15, 0.2) is 0 Å². The maximum absolute atomic E-state index is 12.7. The van der Waals surface area contributed by atoms with Crippen LogP contribution >= 0.6 is 0 Å². The summed E-state index contributed by atoms with van der Waals surface area (Å²) >= 11 is 0. The first-order valence-corrected chi connectivity index (χ1v) is 12.3. The lowest BCUT2D eigenvalue weighted by atomic mass is 9.88. The molecule has 0 radical (unpaired) electrons. The van der Waals surface area contributed by atoms with Gasteiger partial charge in [0.2, 0.25) is 10.0 Å². The van der Waals surface area contributed by atoms with E-state index in [4.69, 9.17) is 4.74 Å². The second kappa shape index (κ2) is 9.88. The van der Waals surface area contributed by atoms with E-state index >= 15 is 0 Å². The zero-order chi connectivity index (χ0) is 20.0. The lowest BCUT2D eigenvalue weighted by Crippen LogP contribution is -2.36. The van der Waals surface area contributed by atoms with Gasteiger partial charge >= 0.3 is 5.97 Å². The van der Waals surface area contributed by atoms with Crippen LogP contribution in [0.5, 0.6) is 0 Å². The Labute approximate surface area is 169 Å². The Morgan fingerprint density at radius 3 is 2.25 bits per heavy atom. The molecule has 0 bridgehead atoms. The fourth-order valence-electron chi connectivity index (χ4n) is 4.58. The molecule has 0 aliphatic heterocycles. The minimum Gasteiger partial charge on any atom is -0.466 e. The van der Waals surface area contributed by atoms with Gasteiger partial charge in [-0.15, -0.1) is 0 Å².